The van der Waals surface area contributed by atoms with Crippen molar-refractivity contribution in [1.82, 2.24) is 10.2 Å². The summed E-state index contributed by atoms with van der Waals surface area (Å²) >= 11 is 0. The summed E-state index contributed by atoms with van der Waals surface area (Å²) in [6.07, 6.45) is 1.16. The van der Waals surface area contributed by atoms with E-state index in [1.807, 2.05) is 0 Å². The molecule has 1 aromatic carbocycles. The molecule has 4 rings (SSSR count). The van der Waals surface area contributed by atoms with Crippen LogP contribution in [-0.2, 0) is 10.9 Å². The molecule has 0 radical (unpaired) electrons. The molecule has 3 unspecified atom stereocenters. The fourth-order valence-electron chi connectivity index (χ4n) is 4.93. The van der Waals surface area contributed by atoms with E-state index in [1.54, 1.807) is 0 Å². The molecule has 3 aliphatic heterocycles. The molecule has 0 aromatic heterocycles. The van der Waals surface area contributed by atoms with E-state index in [0.29, 0.717) is 18.2 Å². The Hall–Kier alpha value is -1.67. The van der Waals surface area contributed by atoms with Crippen molar-refractivity contribution in [3.05, 3.63) is 35.1 Å². The molecule has 3 fully saturated rings. The van der Waals surface area contributed by atoms with E-state index in [1.165, 1.54) is 0 Å². The van der Waals surface area contributed by atoms with Crippen molar-refractivity contribution in [3.63, 3.8) is 0 Å². The Morgan fingerprint density at radius 1 is 1.18 bits per heavy atom. The van der Waals surface area contributed by atoms with Crippen molar-refractivity contribution in [3.8, 4) is 0 Å². The fraction of sp³-hybridized carbons (Fsp3) is 0.650. The van der Waals surface area contributed by atoms with Crippen molar-refractivity contribution in [1.29, 1.82) is 0 Å². The van der Waals surface area contributed by atoms with E-state index in [0.717, 1.165) is 63.8 Å². The van der Waals surface area contributed by atoms with Gasteiger partial charge in [-0.2, -0.15) is 13.2 Å². The van der Waals surface area contributed by atoms with Crippen LogP contribution in [0.1, 0.15) is 54.4 Å². The van der Waals surface area contributed by atoms with Gasteiger partial charge >= 0.3 is 6.18 Å². The Balaban J connectivity index is 1.42. The molecule has 0 saturated carbocycles. The maximum atomic E-state index is 13.3. The lowest BCUT2D eigenvalue weighted by atomic mass is 9.95. The number of piperidine rings is 1. The summed E-state index contributed by atoms with van der Waals surface area (Å²) < 4.78 is 58.6. The number of benzene rings is 1. The fourth-order valence-corrected chi connectivity index (χ4v) is 4.93. The Labute approximate surface area is 161 Å². The number of ether oxygens (including phenoxy) is 1. The number of amides is 1. The van der Waals surface area contributed by atoms with Crippen LogP contribution in [0.15, 0.2) is 18.2 Å². The first-order valence-corrected chi connectivity index (χ1v) is 9.86. The second-order valence-corrected chi connectivity index (χ2v) is 8.05. The van der Waals surface area contributed by atoms with Gasteiger partial charge in [-0.3, -0.25) is 9.69 Å². The summed E-state index contributed by atoms with van der Waals surface area (Å²) in [5.74, 6) is -1.80. The third-order valence-corrected chi connectivity index (χ3v) is 6.19. The SMILES string of the molecule is O=C(NC1CC2CCC(C1)N2CC1CCCO1)c1ccc(F)cc1C(F)(F)F. The smallest absolute Gasteiger partial charge is 0.377 e. The van der Waals surface area contributed by atoms with Crippen LogP contribution in [-0.4, -0.2) is 48.2 Å². The standard InChI is InChI=1S/C20H24F4N2O2/c21-12-3-6-17(18(8-12)20(22,23)24)19(27)25-13-9-14-4-5-15(10-13)26(14)11-16-2-1-7-28-16/h3,6,8,13-16H,1-2,4-5,7,9-11H2,(H,25,27). The molecule has 4 nitrogen and oxygen atoms in total. The Kier molecular flexibility index (Phi) is 5.35. The number of hydrogen-bond donors (Lipinski definition) is 1. The molecule has 2 bridgehead atoms. The molecular weight excluding hydrogens is 376 g/mol. The summed E-state index contributed by atoms with van der Waals surface area (Å²) in [5, 5.41) is 2.76. The minimum atomic E-state index is -4.78. The van der Waals surface area contributed by atoms with Gasteiger partial charge in [0.2, 0.25) is 0 Å². The lowest BCUT2D eigenvalue weighted by molar-refractivity contribution is -0.138. The number of alkyl halides is 3. The number of fused-ring (bicyclic) bond motifs is 2. The van der Waals surface area contributed by atoms with Crippen molar-refractivity contribution in [2.75, 3.05) is 13.2 Å². The molecule has 3 atom stereocenters. The minimum Gasteiger partial charge on any atom is -0.377 e. The molecule has 1 amide bonds. The average Bonchev–Trinajstić information content (AvgIpc) is 3.21. The van der Waals surface area contributed by atoms with Crippen LogP contribution in [0.25, 0.3) is 0 Å². The van der Waals surface area contributed by atoms with Crippen molar-refractivity contribution >= 4 is 5.91 Å². The van der Waals surface area contributed by atoms with Gasteiger partial charge in [0.25, 0.3) is 5.91 Å². The molecule has 0 spiro atoms. The Bertz CT molecular complexity index is 719. The number of nitrogens with one attached hydrogen (secondary N) is 1. The predicted molar refractivity (Wildman–Crippen MR) is 94.4 cm³/mol. The van der Waals surface area contributed by atoms with Crippen molar-refractivity contribution < 1.29 is 27.1 Å². The Morgan fingerprint density at radius 2 is 1.89 bits per heavy atom. The average molecular weight is 400 g/mol. The first-order chi connectivity index (χ1) is 13.3. The minimum absolute atomic E-state index is 0.170. The van der Waals surface area contributed by atoms with Crippen molar-refractivity contribution in [2.24, 2.45) is 0 Å². The highest BCUT2D eigenvalue weighted by atomic mass is 19.4. The summed E-state index contributed by atoms with van der Waals surface area (Å²) in [7, 11) is 0. The van der Waals surface area contributed by atoms with Gasteiger partial charge in [0.15, 0.2) is 0 Å². The number of carbonyl (C=O) groups excluding carboxylic acids is 1. The quantitative estimate of drug-likeness (QED) is 0.783. The highest BCUT2D eigenvalue weighted by Crippen LogP contribution is 2.37. The summed E-state index contributed by atoms with van der Waals surface area (Å²) in [6.45, 7) is 1.71. The van der Waals surface area contributed by atoms with Crippen LogP contribution in [0.2, 0.25) is 0 Å². The monoisotopic (exact) mass is 400 g/mol. The zero-order valence-corrected chi connectivity index (χ0v) is 15.5. The van der Waals surface area contributed by atoms with Crippen LogP contribution in [0.3, 0.4) is 0 Å². The topological polar surface area (TPSA) is 41.6 Å². The molecule has 3 aliphatic rings. The maximum Gasteiger partial charge on any atom is 0.417 e. The van der Waals surface area contributed by atoms with Gasteiger partial charge in [0, 0.05) is 31.3 Å². The van der Waals surface area contributed by atoms with E-state index >= 15 is 0 Å². The van der Waals surface area contributed by atoms with Gasteiger partial charge in [-0.15, -0.1) is 0 Å². The van der Waals surface area contributed by atoms with Crippen LogP contribution in [0.5, 0.6) is 0 Å². The van der Waals surface area contributed by atoms with Gasteiger partial charge in [0.1, 0.15) is 5.82 Å². The number of halogens is 4. The highest BCUT2D eigenvalue weighted by Gasteiger charge is 2.43. The van der Waals surface area contributed by atoms with Crippen LogP contribution in [0, 0.1) is 5.82 Å². The molecule has 3 saturated heterocycles. The van der Waals surface area contributed by atoms with Crippen LogP contribution >= 0.6 is 0 Å². The summed E-state index contributed by atoms with van der Waals surface area (Å²) in [5.41, 5.74) is -1.76. The zero-order valence-electron chi connectivity index (χ0n) is 15.5. The van der Waals surface area contributed by atoms with Gasteiger partial charge in [-0.05, 0) is 56.7 Å². The highest BCUT2D eigenvalue weighted by molar-refractivity contribution is 5.96. The molecule has 28 heavy (non-hydrogen) atoms. The first kappa shape index (κ1) is 19.6. The molecular formula is C20H24F4N2O2. The van der Waals surface area contributed by atoms with E-state index in [-0.39, 0.29) is 12.1 Å². The molecule has 1 aromatic rings. The van der Waals surface area contributed by atoms with Gasteiger partial charge < -0.3 is 10.1 Å². The third kappa shape index (κ3) is 4.03. The number of nitrogens with zero attached hydrogens (tertiary/aromatic N) is 1. The lowest BCUT2D eigenvalue weighted by Crippen LogP contribution is -2.52. The number of carbonyl (C=O) groups is 1. The number of hydrogen-bond acceptors (Lipinski definition) is 3. The van der Waals surface area contributed by atoms with Gasteiger partial charge in [-0.1, -0.05) is 0 Å². The van der Waals surface area contributed by atoms with Crippen LogP contribution in [0.4, 0.5) is 17.6 Å². The second-order valence-electron chi connectivity index (χ2n) is 8.05. The number of rotatable bonds is 4. The lowest BCUT2D eigenvalue weighted by Gasteiger charge is -2.40. The Morgan fingerprint density at radius 3 is 2.50 bits per heavy atom. The molecule has 0 aliphatic carbocycles. The molecule has 3 heterocycles. The van der Waals surface area contributed by atoms with Crippen LogP contribution < -0.4 is 5.32 Å². The third-order valence-electron chi connectivity index (χ3n) is 6.19. The summed E-state index contributed by atoms with van der Waals surface area (Å²) in [4.78, 5) is 15.0. The molecule has 1 N–H and O–H groups in total. The van der Waals surface area contributed by atoms with Crippen molar-refractivity contribution in [2.45, 2.75) is 68.9 Å². The second kappa shape index (κ2) is 7.63. The zero-order chi connectivity index (χ0) is 19.9. The van der Waals surface area contributed by atoms with E-state index < -0.39 is 29.0 Å². The van der Waals surface area contributed by atoms with Gasteiger partial charge in [0.05, 0.1) is 17.2 Å². The molecule has 154 valence electrons. The largest absolute Gasteiger partial charge is 0.417 e. The van der Waals surface area contributed by atoms with E-state index in [4.69, 9.17) is 4.74 Å². The van der Waals surface area contributed by atoms with E-state index in [2.05, 4.69) is 10.2 Å². The molecule has 8 heteroatoms. The predicted octanol–water partition coefficient (Wildman–Crippen LogP) is 3.75. The first-order valence-electron chi connectivity index (χ1n) is 9.86. The summed E-state index contributed by atoms with van der Waals surface area (Å²) in [6, 6.07) is 2.65. The van der Waals surface area contributed by atoms with E-state index in [9.17, 15) is 22.4 Å². The maximum absolute atomic E-state index is 13.3. The van der Waals surface area contributed by atoms with Gasteiger partial charge in [-0.25, -0.2) is 4.39 Å². The normalized spacial score (nSPS) is 30.6.